The second-order valence-electron chi connectivity index (χ2n) is 5.75. The zero-order chi connectivity index (χ0) is 18.8. The molecule has 3 rings (SSSR count). The smallest absolute Gasteiger partial charge is 0.363 e. The third-order valence-electron chi connectivity index (χ3n) is 3.67. The Kier molecular flexibility index (Phi) is 4.49. The van der Waals surface area contributed by atoms with Gasteiger partial charge in [-0.3, -0.25) is 10.1 Å². The quantitative estimate of drug-likeness (QED) is 0.364. The van der Waals surface area contributed by atoms with Gasteiger partial charge in [-0.2, -0.15) is 0 Å². The molecule has 0 bridgehead atoms. The first-order chi connectivity index (χ1) is 12.3. The molecule has 0 fully saturated rings. The highest BCUT2D eigenvalue weighted by molar-refractivity contribution is 6.12. The van der Waals surface area contributed by atoms with E-state index in [9.17, 15) is 19.3 Å². The van der Waals surface area contributed by atoms with Crippen LogP contribution in [0.1, 0.15) is 11.1 Å². The molecule has 1 heterocycles. The van der Waals surface area contributed by atoms with E-state index in [0.29, 0.717) is 16.8 Å². The number of halogens is 1. The Labute approximate surface area is 148 Å². The molecule has 1 aliphatic rings. The van der Waals surface area contributed by atoms with Crippen molar-refractivity contribution < 1.29 is 18.8 Å². The van der Waals surface area contributed by atoms with Gasteiger partial charge in [0.15, 0.2) is 5.70 Å². The first-order valence-corrected chi connectivity index (χ1v) is 7.59. The van der Waals surface area contributed by atoms with E-state index in [4.69, 9.17) is 4.74 Å². The van der Waals surface area contributed by atoms with E-state index < -0.39 is 16.7 Å². The van der Waals surface area contributed by atoms with Gasteiger partial charge in [0.25, 0.3) is 5.69 Å². The third kappa shape index (κ3) is 3.44. The molecule has 7 nitrogen and oxygen atoms in total. The second kappa shape index (κ2) is 6.75. The minimum Gasteiger partial charge on any atom is -0.402 e. The van der Waals surface area contributed by atoms with Gasteiger partial charge in [0.1, 0.15) is 11.5 Å². The summed E-state index contributed by atoms with van der Waals surface area (Å²) in [5, 5.41) is 11.3. The van der Waals surface area contributed by atoms with Gasteiger partial charge < -0.3 is 9.64 Å². The molecular formula is C18H14FN3O4. The highest BCUT2D eigenvalue weighted by Crippen LogP contribution is 2.29. The van der Waals surface area contributed by atoms with Crippen molar-refractivity contribution in [3.05, 3.63) is 75.2 Å². The van der Waals surface area contributed by atoms with Crippen LogP contribution >= 0.6 is 0 Å². The van der Waals surface area contributed by atoms with E-state index in [1.807, 2.05) is 0 Å². The van der Waals surface area contributed by atoms with Crippen molar-refractivity contribution in [1.29, 1.82) is 0 Å². The molecule has 2 aromatic rings. The zero-order valence-electron chi connectivity index (χ0n) is 14.0. The lowest BCUT2D eigenvalue weighted by Gasteiger charge is -2.12. The van der Waals surface area contributed by atoms with Gasteiger partial charge in [-0.25, -0.2) is 14.2 Å². The Morgan fingerprint density at radius 3 is 2.65 bits per heavy atom. The van der Waals surface area contributed by atoms with Gasteiger partial charge in [0, 0.05) is 25.7 Å². The molecule has 2 aromatic carbocycles. The summed E-state index contributed by atoms with van der Waals surface area (Å²) in [6.45, 7) is 0. The predicted octanol–water partition coefficient (Wildman–Crippen LogP) is 3.14. The van der Waals surface area contributed by atoms with Gasteiger partial charge in [0.05, 0.1) is 4.92 Å². The van der Waals surface area contributed by atoms with Crippen LogP contribution in [0.15, 0.2) is 53.2 Å². The average Bonchev–Trinajstić information content (AvgIpc) is 2.95. The third-order valence-corrected chi connectivity index (χ3v) is 3.67. The molecule has 0 atom stereocenters. The normalized spacial score (nSPS) is 15.0. The number of benzene rings is 2. The van der Waals surface area contributed by atoms with Crippen LogP contribution in [-0.2, 0) is 9.53 Å². The fraction of sp³-hybridized carbons (Fsp3) is 0.111. The number of hydrogen-bond donors (Lipinski definition) is 0. The van der Waals surface area contributed by atoms with E-state index in [1.165, 1.54) is 30.3 Å². The number of cyclic esters (lactones) is 1. The molecular weight excluding hydrogens is 341 g/mol. The number of nitro benzene ring substituents is 1. The molecule has 0 unspecified atom stereocenters. The fourth-order valence-corrected chi connectivity index (χ4v) is 2.47. The van der Waals surface area contributed by atoms with E-state index in [-0.39, 0.29) is 17.3 Å². The summed E-state index contributed by atoms with van der Waals surface area (Å²) in [5.74, 6) is -1.20. The maximum absolute atomic E-state index is 13.3. The number of carbonyl (C=O) groups excluding carboxylic acids is 1. The van der Waals surface area contributed by atoms with Crippen molar-refractivity contribution in [1.82, 2.24) is 0 Å². The molecule has 0 aromatic heterocycles. The van der Waals surface area contributed by atoms with E-state index in [0.717, 1.165) is 0 Å². The molecule has 0 saturated heterocycles. The van der Waals surface area contributed by atoms with Crippen molar-refractivity contribution in [3.63, 3.8) is 0 Å². The number of aliphatic imine (C=N–C) groups is 1. The van der Waals surface area contributed by atoms with Crippen LogP contribution in [-0.4, -0.2) is 30.9 Å². The Balaban J connectivity index is 1.98. The topological polar surface area (TPSA) is 85.0 Å². The maximum Gasteiger partial charge on any atom is 0.363 e. The van der Waals surface area contributed by atoms with E-state index in [2.05, 4.69) is 4.99 Å². The van der Waals surface area contributed by atoms with Gasteiger partial charge in [-0.1, -0.05) is 12.1 Å². The average molecular weight is 355 g/mol. The van der Waals surface area contributed by atoms with Crippen LogP contribution in [0.25, 0.3) is 6.08 Å². The number of nitro groups is 1. The lowest BCUT2D eigenvalue weighted by molar-refractivity contribution is -0.384. The minimum absolute atomic E-state index is 0.0137. The summed E-state index contributed by atoms with van der Waals surface area (Å²) >= 11 is 0. The standard InChI is InChI=1S/C18H14FN3O4/c1-21(2)15-7-6-11(9-16(15)22(24)25)8-14-18(23)26-17(20-14)12-4-3-5-13(19)10-12/h3-10H,1-2H3/b14-8-. The van der Waals surface area contributed by atoms with Crippen LogP contribution in [0.2, 0.25) is 0 Å². The lowest BCUT2D eigenvalue weighted by Crippen LogP contribution is -2.11. The number of esters is 1. The summed E-state index contributed by atoms with van der Waals surface area (Å²) < 4.78 is 18.4. The largest absolute Gasteiger partial charge is 0.402 e. The number of hydrogen-bond acceptors (Lipinski definition) is 6. The molecule has 132 valence electrons. The zero-order valence-corrected chi connectivity index (χ0v) is 14.0. The molecule has 0 spiro atoms. The van der Waals surface area contributed by atoms with Crippen LogP contribution in [0, 0.1) is 15.9 Å². The van der Waals surface area contributed by atoms with Crippen LogP contribution in [0.5, 0.6) is 0 Å². The first kappa shape index (κ1) is 17.3. The molecule has 0 radical (unpaired) electrons. The molecule has 0 aliphatic carbocycles. The first-order valence-electron chi connectivity index (χ1n) is 7.59. The minimum atomic E-state index is -0.705. The van der Waals surface area contributed by atoms with Crippen LogP contribution in [0.3, 0.4) is 0 Å². The lowest BCUT2D eigenvalue weighted by atomic mass is 10.1. The monoisotopic (exact) mass is 355 g/mol. The number of ether oxygens (including phenoxy) is 1. The van der Waals surface area contributed by atoms with Crippen molar-refractivity contribution in [2.24, 2.45) is 4.99 Å². The summed E-state index contributed by atoms with van der Waals surface area (Å²) in [7, 11) is 3.40. The van der Waals surface area contributed by atoms with E-state index >= 15 is 0 Å². The Hall–Kier alpha value is -3.55. The molecule has 26 heavy (non-hydrogen) atoms. The maximum atomic E-state index is 13.3. The molecule has 0 amide bonds. The number of rotatable bonds is 4. The molecule has 8 heteroatoms. The molecule has 0 N–H and O–H groups in total. The summed E-state index contributed by atoms with van der Waals surface area (Å²) in [6.07, 6.45) is 1.39. The van der Waals surface area contributed by atoms with Crippen LogP contribution in [0.4, 0.5) is 15.8 Å². The summed E-state index contributed by atoms with van der Waals surface area (Å²) in [4.78, 5) is 28.4. The second-order valence-corrected chi connectivity index (χ2v) is 5.75. The van der Waals surface area contributed by atoms with Crippen LogP contribution < -0.4 is 4.90 Å². The molecule has 1 aliphatic heterocycles. The number of nitrogens with zero attached hydrogens (tertiary/aromatic N) is 3. The van der Waals surface area contributed by atoms with Crippen molar-refractivity contribution in [2.75, 3.05) is 19.0 Å². The highest BCUT2D eigenvalue weighted by atomic mass is 19.1. The number of anilines is 1. The predicted molar refractivity (Wildman–Crippen MR) is 94.4 cm³/mol. The Morgan fingerprint density at radius 1 is 1.23 bits per heavy atom. The Morgan fingerprint density at radius 2 is 2.00 bits per heavy atom. The van der Waals surface area contributed by atoms with Gasteiger partial charge in [-0.15, -0.1) is 0 Å². The fourth-order valence-electron chi connectivity index (χ4n) is 2.47. The van der Waals surface area contributed by atoms with Gasteiger partial charge in [-0.05, 0) is 35.9 Å². The van der Waals surface area contributed by atoms with Crippen molar-refractivity contribution in [2.45, 2.75) is 0 Å². The summed E-state index contributed by atoms with van der Waals surface area (Å²) in [6, 6.07) is 10.1. The highest BCUT2D eigenvalue weighted by Gasteiger charge is 2.25. The Bertz CT molecular complexity index is 967. The van der Waals surface area contributed by atoms with Gasteiger partial charge >= 0.3 is 5.97 Å². The van der Waals surface area contributed by atoms with Crippen molar-refractivity contribution in [3.8, 4) is 0 Å². The SMILES string of the molecule is CN(C)c1ccc(/C=C2\N=C(c3cccc(F)c3)OC2=O)cc1[N+](=O)[O-]. The van der Waals surface area contributed by atoms with Gasteiger partial charge in [0.2, 0.25) is 5.90 Å². The summed E-state index contributed by atoms with van der Waals surface area (Å²) in [5.41, 5.74) is 1.09. The number of carbonyl (C=O) groups is 1. The molecule has 0 saturated carbocycles. The van der Waals surface area contributed by atoms with E-state index in [1.54, 1.807) is 37.2 Å². The van der Waals surface area contributed by atoms with Crippen molar-refractivity contribution >= 4 is 29.3 Å².